The molecule has 0 saturated carbocycles. The lowest BCUT2D eigenvalue weighted by Gasteiger charge is -2.28. The first-order valence-corrected chi connectivity index (χ1v) is 6.69. The number of carbonyl (C=O) groups is 2. The van der Waals surface area contributed by atoms with Crippen molar-refractivity contribution in [2.75, 3.05) is 0 Å². The average Bonchev–Trinajstić information content (AvgIpc) is 2.47. The van der Waals surface area contributed by atoms with Crippen molar-refractivity contribution in [3.8, 4) is 0 Å². The molecule has 0 radical (unpaired) electrons. The van der Waals surface area contributed by atoms with E-state index in [0.29, 0.717) is 5.69 Å². The Bertz CT molecular complexity index is 712. The van der Waals surface area contributed by atoms with Crippen molar-refractivity contribution in [1.29, 1.82) is 0 Å². The Labute approximate surface area is 121 Å². The number of carbonyl (C=O) groups excluding carboxylic acids is 1. The maximum absolute atomic E-state index is 12.1. The Hall–Kier alpha value is -2.69. The van der Waals surface area contributed by atoms with E-state index < -0.39 is 5.97 Å². The van der Waals surface area contributed by atoms with Gasteiger partial charge in [-0.25, -0.2) is 4.79 Å². The van der Waals surface area contributed by atoms with E-state index in [4.69, 9.17) is 5.11 Å². The molecule has 5 heteroatoms. The van der Waals surface area contributed by atoms with Gasteiger partial charge in [0.1, 0.15) is 0 Å². The van der Waals surface area contributed by atoms with Crippen LogP contribution in [0.15, 0.2) is 42.6 Å². The summed E-state index contributed by atoms with van der Waals surface area (Å²) in [5, 5.41) is 11.7. The van der Waals surface area contributed by atoms with Crippen molar-refractivity contribution in [3.63, 3.8) is 0 Å². The highest BCUT2D eigenvalue weighted by Gasteiger charge is 2.31. The number of carboxylic acids is 1. The van der Waals surface area contributed by atoms with Gasteiger partial charge < -0.3 is 10.4 Å². The van der Waals surface area contributed by atoms with Crippen LogP contribution in [0.1, 0.15) is 33.1 Å². The molecule has 2 aromatic rings. The summed E-state index contributed by atoms with van der Waals surface area (Å²) in [5.41, 5.74) is 2.99. The second-order valence-corrected chi connectivity index (χ2v) is 5.01. The van der Waals surface area contributed by atoms with Crippen molar-refractivity contribution in [2.45, 2.75) is 18.9 Å². The van der Waals surface area contributed by atoms with Crippen LogP contribution in [-0.2, 0) is 17.8 Å². The summed E-state index contributed by atoms with van der Waals surface area (Å²) in [6.07, 6.45) is 2.19. The van der Waals surface area contributed by atoms with Crippen LogP contribution in [0.2, 0.25) is 0 Å². The predicted octanol–water partition coefficient (Wildman–Crippen LogP) is 1.74. The van der Waals surface area contributed by atoms with Gasteiger partial charge in [-0.2, -0.15) is 0 Å². The molecule has 0 saturated heterocycles. The normalized spacial score (nSPS) is 15.7. The van der Waals surface area contributed by atoms with Crippen LogP contribution >= 0.6 is 0 Å². The molecule has 106 valence electrons. The van der Waals surface area contributed by atoms with Gasteiger partial charge in [0.05, 0.1) is 23.7 Å². The Balaban J connectivity index is 1.63. The minimum atomic E-state index is -1.00. The van der Waals surface area contributed by atoms with Gasteiger partial charge in [-0.3, -0.25) is 9.78 Å². The van der Waals surface area contributed by atoms with Gasteiger partial charge in [-0.1, -0.05) is 24.3 Å². The summed E-state index contributed by atoms with van der Waals surface area (Å²) in [7, 11) is 0. The van der Waals surface area contributed by atoms with Gasteiger partial charge in [-0.05, 0) is 29.7 Å². The second kappa shape index (κ2) is 5.36. The number of amides is 1. The third-order valence-corrected chi connectivity index (χ3v) is 3.68. The van der Waals surface area contributed by atoms with Crippen LogP contribution < -0.4 is 5.32 Å². The van der Waals surface area contributed by atoms with Crippen LogP contribution in [-0.4, -0.2) is 22.0 Å². The minimum absolute atomic E-state index is 0.0452. The zero-order valence-corrected chi connectivity index (χ0v) is 11.2. The molecule has 1 aliphatic rings. The zero-order chi connectivity index (χ0) is 14.8. The van der Waals surface area contributed by atoms with Crippen LogP contribution in [0.3, 0.4) is 0 Å². The number of nitrogens with one attached hydrogen (secondary N) is 1. The van der Waals surface area contributed by atoms with Gasteiger partial charge >= 0.3 is 5.97 Å². The average molecular weight is 282 g/mol. The molecule has 1 aromatic heterocycles. The van der Waals surface area contributed by atoms with Crippen molar-refractivity contribution in [3.05, 3.63) is 65.0 Å². The quantitative estimate of drug-likeness (QED) is 0.895. The largest absolute Gasteiger partial charge is 0.478 e. The van der Waals surface area contributed by atoms with Crippen molar-refractivity contribution in [2.24, 2.45) is 0 Å². The molecule has 21 heavy (non-hydrogen) atoms. The van der Waals surface area contributed by atoms with E-state index in [9.17, 15) is 9.59 Å². The van der Waals surface area contributed by atoms with E-state index in [1.165, 1.54) is 23.9 Å². The van der Waals surface area contributed by atoms with Gasteiger partial charge in [0.2, 0.25) is 5.91 Å². The number of aromatic carboxylic acids is 1. The lowest BCUT2D eigenvalue weighted by Crippen LogP contribution is -2.35. The molecule has 1 aliphatic carbocycles. The highest BCUT2D eigenvalue weighted by atomic mass is 16.4. The molecule has 0 bridgehead atoms. The third kappa shape index (κ3) is 2.63. The molecular formula is C16H14N2O3. The second-order valence-electron chi connectivity index (χ2n) is 5.01. The molecular weight excluding hydrogens is 268 g/mol. The number of nitrogens with zero attached hydrogens (tertiary/aromatic N) is 1. The summed E-state index contributed by atoms with van der Waals surface area (Å²) in [6.45, 7) is 0.235. The standard InChI is InChI=1S/C16H14N2O3/c19-15(14-8-10-3-1-2-4-13(10)14)18-9-12-7-11(16(20)21)5-6-17-12/h1-7,14H,8-9H2,(H,18,19)(H,20,21). The fourth-order valence-corrected chi connectivity index (χ4v) is 2.50. The molecule has 1 atom stereocenters. The number of hydrogen-bond acceptors (Lipinski definition) is 3. The molecule has 1 unspecified atom stereocenters. The molecule has 1 aromatic carbocycles. The first-order valence-electron chi connectivity index (χ1n) is 6.69. The highest BCUT2D eigenvalue weighted by Crippen LogP contribution is 2.34. The maximum Gasteiger partial charge on any atom is 0.335 e. The lowest BCUT2D eigenvalue weighted by molar-refractivity contribution is -0.123. The molecule has 2 N–H and O–H groups in total. The van der Waals surface area contributed by atoms with Gasteiger partial charge in [-0.15, -0.1) is 0 Å². The fraction of sp³-hybridized carbons (Fsp3) is 0.188. The first kappa shape index (κ1) is 13.3. The number of hydrogen-bond donors (Lipinski definition) is 2. The van der Waals surface area contributed by atoms with Crippen LogP contribution in [0, 0.1) is 0 Å². The summed E-state index contributed by atoms with van der Waals surface area (Å²) >= 11 is 0. The summed E-state index contributed by atoms with van der Waals surface area (Å²) in [5.74, 6) is -1.15. The molecule has 5 nitrogen and oxygen atoms in total. The van der Waals surface area contributed by atoms with Crippen LogP contribution in [0.5, 0.6) is 0 Å². The third-order valence-electron chi connectivity index (χ3n) is 3.68. The molecule has 3 rings (SSSR count). The number of rotatable bonds is 4. The van der Waals surface area contributed by atoms with Crippen molar-refractivity contribution in [1.82, 2.24) is 10.3 Å². The lowest BCUT2D eigenvalue weighted by atomic mass is 9.77. The smallest absolute Gasteiger partial charge is 0.335 e. The van der Waals surface area contributed by atoms with E-state index in [0.717, 1.165) is 12.0 Å². The highest BCUT2D eigenvalue weighted by molar-refractivity contribution is 5.88. The Morgan fingerprint density at radius 1 is 1.29 bits per heavy atom. The summed E-state index contributed by atoms with van der Waals surface area (Å²) < 4.78 is 0. The molecule has 1 amide bonds. The topological polar surface area (TPSA) is 79.3 Å². The molecule has 0 spiro atoms. The van der Waals surface area contributed by atoms with Crippen molar-refractivity contribution >= 4 is 11.9 Å². The predicted molar refractivity (Wildman–Crippen MR) is 75.9 cm³/mol. The Morgan fingerprint density at radius 2 is 2.10 bits per heavy atom. The van der Waals surface area contributed by atoms with E-state index in [2.05, 4.69) is 10.3 Å². The first-order chi connectivity index (χ1) is 10.1. The van der Waals surface area contributed by atoms with Crippen LogP contribution in [0.4, 0.5) is 0 Å². The van der Waals surface area contributed by atoms with Crippen molar-refractivity contribution < 1.29 is 14.7 Å². The number of fused-ring (bicyclic) bond motifs is 1. The summed E-state index contributed by atoms with van der Waals surface area (Å²) in [4.78, 5) is 27.1. The number of benzene rings is 1. The zero-order valence-electron chi connectivity index (χ0n) is 11.2. The summed E-state index contributed by atoms with van der Waals surface area (Å²) in [6, 6.07) is 10.8. The van der Waals surface area contributed by atoms with Crippen LogP contribution in [0.25, 0.3) is 0 Å². The number of aromatic nitrogens is 1. The van der Waals surface area contributed by atoms with E-state index in [-0.39, 0.29) is 23.9 Å². The van der Waals surface area contributed by atoms with Gasteiger partial charge in [0, 0.05) is 6.20 Å². The SMILES string of the molecule is O=C(O)c1ccnc(CNC(=O)C2Cc3ccccc32)c1. The molecule has 0 aliphatic heterocycles. The minimum Gasteiger partial charge on any atom is -0.478 e. The Kier molecular flexibility index (Phi) is 3.39. The maximum atomic E-state index is 12.1. The van der Waals surface area contributed by atoms with E-state index in [1.807, 2.05) is 24.3 Å². The Morgan fingerprint density at radius 3 is 2.86 bits per heavy atom. The van der Waals surface area contributed by atoms with E-state index in [1.54, 1.807) is 0 Å². The van der Waals surface area contributed by atoms with Gasteiger partial charge in [0.25, 0.3) is 0 Å². The number of carboxylic acid groups (broad SMARTS) is 1. The molecule has 0 fully saturated rings. The molecule has 1 heterocycles. The van der Waals surface area contributed by atoms with Gasteiger partial charge in [0.15, 0.2) is 0 Å². The monoisotopic (exact) mass is 282 g/mol. The number of pyridine rings is 1. The van der Waals surface area contributed by atoms with E-state index >= 15 is 0 Å². The fourth-order valence-electron chi connectivity index (χ4n) is 2.50.